The largest absolute Gasteiger partial charge is 0.394 e. The number of aliphatic hydroxyl groups is 5. The smallest absolute Gasteiger partial charge is 0.167 e. The molecule has 1 fully saturated rings. The van der Waals surface area contributed by atoms with E-state index >= 15 is 0 Å². The summed E-state index contributed by atoms with van der Waals surface area (Å²) in [7, 11) is 0. The molecule has 0 heterocycles. The summed E-state index contributed by atoms with van der Waals surface area (Å²) in [6, 6.07) is 0. The van der Waals surface area contributed by atoms with Gasteiger partial charge in [0.25, 0.3) is 0 Å². The second-order valence-corrected chi connectivity index (χ2v) is 3.53. The fourth-order valence-electron chi connectivity index (χ4n) is 1.40. The number of hydrogen-bond acceptors (Lipinski definition) is 6. The first kappa shape index (κ1) is 11.5. The van der Waals surface area contributed by atoms with Gasteiger partial charge in [-0.1, -0.05) is 0 Å². The Balaban J connectivity index is 2.64. The van der Waals surface area contributed by atoms with Crippen LogP contribution in [-0.2, 0) is 4.79 Å². The van der Waals surface area contributed by atoms with Crippen molar-refractivity contribution in [2.24, 2.45) is 0 Å². The van der Waals surface area contributed by atoms with Crippen LogP contribution in [0.4, 0.5) is 0 Å². The lowest BCUT2D eigenvalue weighted by atomic mass is 9.72. The Bertz CT molecular complexity index is 230. The highest BCUT2D eigenvalue weighted by molar-refractivity contribution is 5.93. The van der Waals surface area contributed by atoms with Gasteiger partial charge < -0.3 is 25.5 Å². The van der Waals surface area contributed by atoms with E-state index < -0.39 is 36.3 Å². The molecule has 0 spiro atoms. The van der Waals surface area contributed by atoms with E-state index in [1.807, 2.05) is 0 Å². The lowest BCUT2D eigenvalue weighted by Crippen LogP contribution is -2.62. The molecule has 0 aromatic heterocycles. The molecule has 0 saturated heterocycles. The van der Waals surface area contributed by atoms with Crippen molar-refractivity contribution < 1.29 is 30.3 Å². The minimum atomic E-state index is -1.96. The van der Waals surface area contributed by atoms with Crippen LogP contribution in [0.5, 0.6) is 0 Å². The molecule has 0 aromatic rings. The molecule has 1 aliphatic carbocycles. The van der Waals surface area contributed by atoms with Crippen LogP contribution >= 0.6 is 0 Å². The molecule has 6 heteroatoms. The summed E-state index contributed by atoms with van der Waals surface area (Å²) in [5.41, 5.74) is -1.96. The van der Waals surface area contributed by atoms with Gasteiger partial charge in [0, 0.05) is 6.42 Å². The molecule has 6 nitrogen and oxygen atoms in total. The molecule has 4 atom stereocenters. The predicted molar refractivity (Wildman–Crippen MR) is 44.3 cm³/mol. The normalized spacial score (nSPS) is 33.4. The number of rotatable bonds is 4. The molecule has 0 aliphatic heterocycles. The van der Waals surface area contributed by atoms with Crippen molar-refractivity contribution in [1.82, 2.24) is 0 Å². The van der Waals surface area contributed by atoms with Crippen molar-refractivity contribution in [3.8, 4) is 0 Å². The van der Waals surface area contributed by atoms with Gasteiger partial charge in [0.2, 0.25) is 0 Å². The first-order valence-electron chi connectivity index (χ1n) is 4.34. The van der Waals surface area contributed by atoms with Crippen LogP contribution < -0.4 is 0 Å². The Hall–Kier alpha value is -0.530. The Kier molecular flexibility index (Phi) is 3.23. The van der Waals surface area contributed by atoms with E-state index in [1.54, 1.807) is 0 Å². The topological polar surface area (TPSA) is 118 Å². The highest BCUT2D eigenvalue weighted by Crippen LogP contribution is 2.32. The van der Waals surface area contributed by atoms with E-state index in [1.165, 1.54) is 0 Å². The van der Waals surface area contributed by atoms with E-state index in [0.29, 0.717) is 0 Å². The molecule has 1 rings (SSSR count). The third-order valence-corrected chi connectivity index (χ3v) is 2.61. The summed E-state index contributed by atoms with van der Waals surface area (Å²) < 4.78 is 0. The maximum absolute atomic E-state index is 10.9. The van der Waals surface area contributed by atoms with E-state index in [4.69, 9.17) is 10.2 Å². The highest BCUT2D eigenvalue weighted by atomic mass is 16.4. The fraction of sp³-hybridized carbons (Fsp3) is 0.875. The van der Waals surface area contributed by atoms with Crippen LogP contribution in [0.1, 0.15) is 12.8 Å². The first-order chi connectivity index (χ1) is 6.43. The summed E-state index contributed by atoms with van der Waals surface area (Å²) in [6.45, 7) is -0.748. The maximum atomic E-state index is 10.9. The Morgan fingerprint density at radius 2 is 1.93 bits per heavy atom. The van der Waals surface area contributed by atoms with E-state index in [-0.39, 0.29) is 12.8 Å². The van der Waals surface area contributed by atoms with Gasteiger partial charge in [0.1, 0.15) is 18.3 Å². The standard InChI is InChI=1S/C8H14O6/c9-3-4(10)6(12)7(13)8(14)2-1-5(8)11/h4,6-7,9-10,12-14H,1-3H2/t4-,6-,7+,8+/m1/s1. The monoisotopic (exact) mass is 206 g/mol. The quantitative estimate of drug-likeness (QED) is 0.338. The molecule has 5 N–H and O–H groups in total. The molecule has 1 aliphatic rings. The molecule has 0 bridgehead atoms. The van der Waals surface area contributed by atoms with Gasteiger partial charge in [-0.25, -0.2) is 0 Å². The number of carbonyl (C=O) groups excluding carboxylic acids is 1. The van der Waals surface area contributed by atoms with Crippen molar-refractivity contribution in [3.63, 3.8) is 0 Å². The number of carbonyl (C=O) groups is 1. The SMILES string of the molecule is O=C1CC[C@@]1(O)[C@@H](O)[C@H](O)[C@H](O)CO. The van der Waals surface area contributed by atoms with Crippen LogP contribution in [0.3, 0.4) is 0 Å². The number of hydrogen-bond donors (Lipinski definition) is 5. The van der Waals surface area contributed by atoms with Gasteiger partial charge in [-0.15, -0.1) is 0 Å². The van der Waals surface area contributed by atoms with Gasteiger partial charge >= 0.3 is 0 Å². The summed E-state index contributed by atoms with van der Waals surface area (Å²) in [5.74, 6) is -0.561. The van der Waals surface area contributed by atoms with Crippen LogP contribution in [-0.4, -0.2) is 61.8 Å². The Labute approximate surface area is 80.4 Å². The Morgan fingerprint density at radius 1 is 1.36 bits per heavy atom. The van der Waals surface area contributed by atoms with Crippen LogP contribution in [0.2, 0.25) is 0 Å². The van der Waals surface area contributed by atoms with Gasteiger partial charge in [0.15, 0.2) is 11.4 Å². The third-order valence-electron chi connectivity index (χ3n) is 2.61. The molecular weight excluding hydrogens is 192 g/mol. The van der Waals surface area contributed by atoms with Gasteiger partial charge in [0.05, 0.1) is 6.61 Å². The lowest BCUT2D eigenvalue weighted by molar-refractivity contribution is -0.191. The molecule has 82 valence electrons. The van der Waals surface area contributed by atoms with Gasteiger partial charge in [-0.2, -0.15) is 0 Å². The fourth-order valence-corrected chi connectivity index (χ4v) is 1.40. The van der Waals surface area contributed by atoms with E-state index in [9.17, 15) is 20.1 Å². The van der Waals surface area contributed by atoms with Crippen LogP contribution in [0.25, 0.3) is 0 Å². The molecule has 0 aromatic carbocycles. The molecule has 0 amide bonds. The van der Waals surface area contributed by atoms with Crippen LogP contribution in [0, 0.1) is 0 Å². The lowest BCUT2D eigenvalue weighted by Gasteiger charge is -2.41. The first-order valence-corrected chi connectivity index (χ1v) is 4.34. The maximum Gasteiger partial charge on any atom is 0.167 e. The summed E-state index contributed by atoms with van der Waals surface area (Å²) >= 11 is 0. The minimum absolute atomic E-state index is 0.0577. The summed E-state index contributed by atoms with van der Waals surface area (Å²) in [6.07, 6.45) is -4.85. The number of ketones is 1. The van der Waals surface area contributed by atoms with E-state index in [0.717, 1.165) is 0 Å². The van der Waals surface area contributed by atoms with Gasteiger partial charge in [-0.05, 0) is 6.42 Å². The number of Topliss-reactive ketones (excluding diaryl/α,β-unsaturated/α-hetero) is 1. The summed E-state index contributed by atoms with van der Waals surface area (Å²) in [4.78, 5) is 10.9. The summed E-state index contributed by atoms with van der Waals surface area (Å²) in [5, 5.41) is 45.6. The third kappa shape index (κ3) is 1.67. The molecule has 0 radical (unpaired) electrons. The predicted octanol–water partition coefficient (Wildman–Crippen LogP) is -2.84. The van der Waals surface area contributed by atoms with Crippen molar-refractivity contribution in [1.29, 1.82) is 0 Å². The van der Waals surface area contributed by atoms with Crippen molar-refractivity contribution in [2.75, 3.05) is 6.61 Å². The second kappa shape index (κ2) is 3.92. The zero-order valence-corrected chi connectivity index (χ0v) is 7.50. The molecular formula is C8H14O6. The molecule has 0 unspecified atom stereocenters. The van der Waals surface area contributed by atoms with Gasteiger partial charge in [-0.3, -0.25) is 4.79 Å². The van der Waals surface area contributed by atoms with Crippen molar-refractivity contribution in [3.05, 3.63) is 0 Å². The van der Waals surface area contributed by atoms with Crippen molar-refractivity contribution >= 4 is 5.78 Å². The highest BCUT2D eigenvalue weighted by Gasteiger charge is 2.53. The number of aliphatic hydroxyl groups excluding tert-OH is 4. The average Bonchev–Trinajstić information content (AvgIpc) is 2.22. The second-order valence-electron chi connectivity index (χ2n) is 3.53. The molecule has 14 heavy (non-hydrogen) atoms. The zero-order valence-electron chi connectivity index (χ0n) is 7.50. The molecule has 1 saturated carbocycles. The van der Waals surface area contributed by atoms with Crippen LogP contribution in [0.15, 0.2) is 0 Å². The Morgan fingerprint density at radius 3 is 2.21 bits per heavy atom. The van der Waals surface area contributed by atoms with E-state index in [2.05, 4.69) is 0 Å². The minimum Gasteiger partial charge on any atom is -0.394 e. The zero-order chi connectivity index (χ0) is 10.9. The average molecular weight is 206 g/mol. The van der Waals surface area contributed by atoms with Crippen molar-refractivity contribution in [2.45, 2.75) is 36.8 Å².